The maximum Gasteiger partial charge on any atom is 0.246 e. The van der Waals surface area contributed by atoms with E-state index >= 15 is 0 Å². The summed E-state index contributed by atoms with van der Waals surface area (Å²) in [6.07, 6.45) is 0. The van der Waals surface area contributed by atoms with E-state index in [1.807, 2.05) is 7.05 Å². The third-order valence-electron chi connectivity index (χ3n) is 4.52. The van der Waals surface area contributed by atoms with E-state index in [4.69, 9.17) is 0 Å². The number of hydrogen-bond acceptors (Lipinski definition) is 4. The maximum absolute atomic E-state index is 13.2. The third-order valence-corrected chi connectivity index (χ3v) is 6.65. The van der Waals surface area contributed by atoms with Crippen molar-refractivity contribution in [1.29, 1.82) is 0 Å². The fourth-order valence-electron chi connectivity index (χ4n) is 3.16. The van der Waals surface area contributed by atoms with Crippen LogP contribution in [-0.2, 0) is 10.0 Å². The number of sulfonamides is 1. The molecule has 1 fully saturated rings. The van der Waals surface area contributed by atoms with Gasteiger partial charge in [0.1, 0.15) is 10.7 Å². The van der Waals surface area contributed by atoms with E-state index in [0.29, 0.717) is 31.0 Å². The summed E-state index contributed by atoms with van der Waals surface area (Å²) in [7, 11) is -1.66. The fraction of sp³-hybridized carbons (Fsp3) is 0.438. The second-order valence-electron chi connectivity index (χ2n) is 6.17. The van der Waals surface area contributed by atoms with Crippen LogP contribution in [0.15, 0.2) is 29.2 Å². The van der Waals surface area contributed by atoms with Crippen LogP contribution in [0.3, 0.4) is 0 Å². The summed E-state index contributed by atoms with van der Waals surface area (Å²) in [6, 6.07) is 6.12. The second-order valence-corrected chi connectivity index (χ2v) is 8.05. The molecule has 1 atom stereocenters. The van der Waals surface area contributed by atoms with Gasteiger partial charge in [-0.25, -0.2) is 12.8 Å². The zero-order chi connectivity index (χ0) is 17.5. The van der Waals surface area contributed by atoms with Gasteiger partial charge in [-0.2, -0.15) is 9.40 Å². The molecule has 2 aromatic rings. The lowest BCUT2D eigenvalue weighted by Gasteiger charge is -2.39. The first-order valence-corrected chi connectivity index (χ1v) is 9.22. The normalized spacial score (nSPS) is 20.4. The van der Waals surface area contributed by atoms with E-state index < -0.39 is 10.0 Å². The molecule has 8 heteroatoms. The van der Waals surface area contributed by atoms with Gasteiger partial charge >= 0.3 is 0 Å². The molecule has 1 aliphatic rings. The highest BCUT2D eigenvalue weighted by Gasteiger charge is 2.35. The number of nitrogens with zero attached hydrogens (tertiary/aromatic N) is 3. The number of nitrogens with one attached hydrogen (secondary N) is 1. The number of halogens is 1. The van der Waals surface area contributed by atoms with Gasteiger partial charge in [0.05, 0.1) is 11.4 Å². The Kier molecular flexibility index (Phi) is 4.46. The van der Waals surface area contributed by atoms with Gasteiger partial charge < -0.3 is 0 Å². The molecule has 0 bridgehead atoms. The average Bonchev–Trinajstić information content (AvgIpc) is 2.88. The van der Waals surface area contributed by atoms with E-state index in [0.717, 1.165) is 5.56 Å². The van der Waals surface area contributed by atoms with Crippen LogP contribution in [-0.4, -0.2) is 54.5 Å². The van der Waals surface area contributed by atoms with Crippen LogP contribution in [0.5, 0.6) is 0 Å². The molecule has 1 aliphatic heterocycles. The zero-order valence-electron chi connectivity index (χ0n) is 14.0. The Bertz CT molecular complexity index is 813. The number of benzene rings is 1. The summed E-state index contributed by atoms with van der Waals surface area (Å²) in [5, 5.41) is 6.73. The highest BCUT2D eigenvalue weighted by atomic mass is 32.2. The van der Waals surface area contributed by atoms with Crippen molar-refractivity contribution in [3.05, 3.63) is 47.0 Å². The predicted molar refractivity (Wildman–Crippen MR) is 88.6 cm³/mol. The van der Waals surface area contributed by atoms with Gasteiger partial charge in [-0.15, -0.1) is 0 Å². The van der Waals surface area contributed by atoms with Crippen molar-refractivity contribution in [1.82, 2.24) is 19.4 Å². The molecule has 2 heterocycles. The highest BCUT2D eigenvalue weighted by Crippen LogP contribution is 2.29. The lowest BCUT2D eigenvalue weighted by Crippen LogP contribution is -2.49. The number of hydrogen-bond donors (Lipinski definition) is 1. The Morgan fingerprint density at radius 1 is 1.21 bits per heavy atom. The van der Waals surface area contributed by atoms with Gasteiger partial charge in [-0.3, -0.25) is 10.00 Å². The number of aromatic nitrogens is 2. The first kappa shape index (κ1) is 17.1. The molecule has 130 valence electrons. The Morgan fingerprint density at radius 3 is 2.46 bits per heavy atom. The van der Waals surface area contributed by atoms with Gasteiger partial charge in [0.15, 0.2) is 0 Å². The molecular formula is C16H21FN4O2S. The first-order chi connectivity index (χ1) is 11.3. The molecule has 0 aliphatic carbocycles. The minimum atomic E-state index is -3.61. The molecule has 1 aromatic carbocycles. The molecular weight excluding hydrogens is 331 g/mol. The van der Waals surface area contributed by atoms with Crippen molar-refractivity contribution >= 4 is 10.0 Å². The minimum Gasteiger partial charge on any atom is -0.297 e. The van der Waals surface area contributed by atoms with E-state index in [1.54, 1.807) is 26.0 Å². The number of rotatable bonds is 3. The molecule has 1 aromatic heterocycles. The molecule has 0 spiro atoms. The van der Waals surface area contributed by atoms with Crippen molar-refractivity contribution in [2.24, 2.45) is 0 Å². The summed E-state index contributed by atoms with van der Waals surface area (Å²) in [5.41, 5.74) is 1.92. The lowest BCUT2D eigenvalue weighted by atomic mass is 10.0. The second kappa shape index (κ2) is 6.27. The first-order valence-electron chi connectivity index (χ1n) is 7.78. The van der Waals surface area contributed by atoms with Crippen LogP contribution in [0.2, 0.25) is 0 Å². The number of piperazine rings is 1. The Labute approximate surface area is 141 Å². The van der Waals surface area contributed by atoms with E-state index in [9.17, 15) is 12.8 Å². The maximum atomic E-state index is 13.2. The van der Waals surface area contributed by atoms with Gasteiger partial charge in [0.2, 0.25) is 10.0 Å². The number of likely N-dealkylation sites (N-methyl/N-ethyl adjacent to an activating group) is 1. The standard InChI is InChI=1S/C16H21FN4O2S/c1-11-16(12(2)19-18-11)24(22,23)21-9-8-20(3)15(10-21)13-4-6-14(17)7-5-13/h4-7,15H,8-10H2,1-3H3,(H,18,19). The van der Waals surface area contributed by atoms with Crippen LogP contribution in [0, 0.1) is 19.7 Å². The molecule has 1 unspecified atom stereocenters. The van der Waals surface area contributed by atoms with E-state index in [-0.39, 0.29) is 16.8 Å². The summed E-state index contributed by atoms with van der Waals surface area (Å²) in [4.78, 5) is 2.35. The van der Waals surface area contributed by atoms with Crippen LogP contribution in [0.1, 0.15) is 23.0 Å². The number of aryl methyl sites for hydroxylation is 2. The largest absolute Gasteiger partial charge is 0.297 e. The topological polar surface area (TPSA) is 69.3 Å². The third kappa shape index (κ3) is 2.97. The van der Waals surface area contributed by atoms with Gasteiger partial charge in [0, 0.05) is 25.7 Å². The van der Waals surface area contributed by atoms with Crippen LogP contribution >= 0.6 is 0 Å². The monoisotopic (exact) mass is 352 g/mol. The molecule has 0 radical (unpaired) electrons. The van der Waals surface area contributed by atoms with E-state index in [2.05, 4.69) is 15.1 Å². The zero-order valence-corrected chi connectivity index (χ0v) is 14.8. The van der Waals surface area contributed by atoms with Gasteiger partial charge in [-0.1, -0.05) is 12.1 Å². The average molecular weight is 352 g/mol. The van der Waals surface area contributed by atoms with Crippen molar-refractivity contribution in [2.45, 2.75) is 24.8 Å². The van der Waals surface area contributed by atoms with Gasteiger partial charge in [-0.05, 0) is 38.6 Å². The quantitative estimate of drug-likeness (QED) is 0.915. The lowest BCUT2D eigenvalue weighted by molar-refractivity contribution is 0.148. The van der Waals surface area contributed by atoms with Crippen molar-refractivity contribution in [2.75, 3.05) is 26.7 Å². The number of H-pyrrole nitrogens is 1. The van der Waals surface area contributed by atoms with Gasteiger partial charge in [0.25, 0.3) is 0 Å². The Hall–Kier alpha value is -1.77. The molecule has 0 saturated carbocycles. The van der Waals surface area contributed by atoms with Crippen LogP contribution in [0.4, 0.5) is 4.39 Å². The van der Waals surface area contributed by atoms with Crippen LogP contribution < -0.4 is 0 Å². The van der Waals surface area contributed by atoms with Crippen molar-refractivity contribution < 1.29 is 12.8 Å². The van der Waals surface area contributed by atoms with E-state index in [1.165, 1.54) is 16.4 Å². The predicted octanol–water partition coefficient (Wildman–Crippen LogP) is 1.84. The Morgan fingerprint density at radius 2 is 1.88 bits per heavy atom. The molecule has 0 amide bonds. The SMILES string of the molecule is Cc1n[nH]c(C)c1S(=O)(=O)N1CCN(C)C(c2ccc(F)cc2)C1. The molecule has 1 saturated heterocycles. The molecule has 24 heavy (non-hydrogen) atoms. The fourth-order valence-corrected chi connectivity index (χ4v) is 4.93. The molecule has 1 N–H and O–H groups in total. The van der Waals surface area contributed by atoms with Crippen molar-refractivity contribution in [3.8, 4) is 0 Å². The highest BCUT2D eigenvalue weighted by molar-refractivity contribution is 7.89. The summed E-state index contributed by atoms with van der Waals surface area (Å²) < 4.78 is 40.7. The minimum absolute atomic E-state index is 0.110. The smallest absolute Gasteiger partial charge is 0.246 e. The summed E-state index contributed by atoms with van der Waals surface area (Å²) in [5.74, 6) is -0.300. The van der Waals surface area contributed by atoms with Crippen LogP contribution in [0.25, 0.3) is 0 Å². The molecule has 6 nitrogen and oxygen atoms in total. The molecule has 3 rings (SSSR count). The summed E-state index contributed by atoms with van der Waals surface area (Å²) >= 11 is 0. The van der Waals surface area contributed by atoms with Crippen molar-refractivity contribution in [3.63, 3.8) is 0 Å². The summed E-state index contributed by atoms with van der Waals surface area (Å²) in [6.45, 7) is 4.75. The Balaban J connectivity index is 1.91. The number of aromatic amines is 1.